The molecule has 1 saturated carbocycles. The normalized spacial score (nSPS) is 23.3. The molecule has 2 fully saturated rings. The van der Waals surface area contributed by atoms with E-state index in [1.807, 2.05) is 6.92 Å². The van der Waals surface area contributed by atoms with Gasteiger partial charge in [0.05, 0.1) is 11.3 Å². The van der Waals surface area contributed by atoms with Gasteiger partial charge in [-0.15, -0.1) is 0 Å². The van der Waals surface area contributed by atoms with Crippen molar-refractivity contribution in [2.75, 3.05) is 26.2 Å². The minimum Gasteiger partial charge on any atom is -0.481 e. The molecule has 124 valence electrons. The van der Waals surface area contributed by atoms with Crippen molar-refractivity contribution in [3.05, 3.63) is 0 Å². The molecule has 2 rings (SSSR count). The third-order valence-electron chi connectivity index (χ3n) is 4.77. The number of carboxylic acids is 1. The SMILES string of the molecule is CCNC(=O)C1(CNC(=O)N2CCCC(C(=O)O)C2)CCC1. The maximum absolute atomic E-state index is 12.2. The Balaban J connectivity index is 1.86. The van der Waals surface area contributed by atoms with E-state index in [-0.39, 0.29) is 18.5 Å². The minimum atomic E-state index is -0.852. The number of hydrogen-bond acceptors (Lipinski definition) is 3. The monoisotopic (exact) mass is 311 g/mol. The minimum absolute atomic E-state index is 0.00334. The first-order valence-electron chi connectivity index (χ1n) is 8.02. The molecule has 0 radical (unpaired) electrons. The summed E-state index contributed by atoms with van der Waals surface area (Å²) in [5.41, 5.74) is -0.479. The molecule has 7 nitrogen and oxygen atoms in total. The second-order valence-corrected chi connectivity index (χ2v) is 6.28. The van der Waals surface area contributed by atoms with E-state index in [4.69, 9.17) is 5.11 Å². The lowest BCUT2D eigenvalue weighted by Gasteiger charge is -2.41. The molecule has 1 heterocycles. The summed E-state index contributed by atoms with van der Waals surface area (Å²) >= 11 is 0. The maximum atomic E-state index is 12.2. The van der Waals surface area contributed by atoms with Crippen LogP contribution in [-0.4, -0.2) is 54.1 Å². The summed E-state index contributed by atoms with van der Waals surface area (Å²) in [6.07, 6.45) is 3.89. The smallest absolute Gasteiger partial charge is 0.317 e. The number of piperidine rings is 1. The molecule has 0 aromatic carbocycles. The molecule has 0 aromatic heterocycles. The van der Waals surface area contributed by atoms with Gasteiger partial charge in [-0.2, -0.15) is 0 Å². The summed E-state index contributed by atoms with van der Waals surface area (Å²) in [6.45, 7) is 3.61. The first-order valence-corrected chi connectivity index (χ1v) is 8.02. The van der Waals surface area contributed by atoms with Gasteiger partial charge < -0.3 is 20.6 Å². The lowest BCUT2D eigenvalue weighted by Crippen LogP contribution is -2.55. The fourth-order valence-corrected chi connectivity index (χ4v) is 3.16. The molecule has 1 unspecified atom stereocenters. The molecule has 0 aromatic rings. The Labute approximate surface area is 130 Å². The Morgan fingerprint density at radius 1 is 1.23 bits per heavy atom. The second kappa shape index (κ2) is 6.98. The molecular weight excluding hydrogens is 286 g/mol. The fraction of sp³-hybridized carbons (Fsp3) is 0.800. The van der Waals surface area contributed by atoms with Crippen LogP contribution in [0.4, 0.5) is 4.79 Å². The van der Waals surface area contributed by atoms with E-state index in [9.17, 15) is 14.4 Å². The molecule has 1 aliphatic heterocycles. The van der Waals surface area contributed by atoms with Crippen molar-refractivity contribution in [3.63, 3.8) is 0 Å². The third-order valence-corrected chi connectivity index (χ3v) is 4.77. The van der Waals surface area contributed by atoms with Gasteiger partial charge in [-0.1, -0.05) is 6.42 Å². The highest BCUT2D eigenvalue weighted by molar-refractivity contribution is 5.85. The Hall–Kier alpha value is -1.79. The van der Waals surface area contributed by atoms with Gasteiger partial charge in [0, 0.05) is 26.2 Å². The van der Waals surface area contributed by atoms with Crippen molar-refractivity contribution >= 4 is 17.9 Å². The predicted molar refractivity (Wildman–Crippen MR) is 80.3 cm³/mol. The molecular formula is C15H25N3O4. The highest BCUT2D eigenvalue weighted by Gasteiger charge is 2.44. The highest BCUT2D eigenvalue weighted by atomic mass is 16.4. The average Bonchev–Trinajstić information content (AvgIpc) is 2.46. The van der Waals surface area contributed by atoms with E-state index in [0.29, 0.717) is 32.5 Å². The van der Waals surface area contributed by atoms with Crippen LogP contribution >= 0.6 is 0 Å². The number of aliphatic carboxylic acids is 1. The molecule has 7 heteroatoms. The van der Waals surface area contributed by atoms with Crippen molar-refractivity contribution in [1.29, 1.82) is 0 Å². The van der Waals surface area contributed by atoms with Crippen LogP contribution < -0.4 is 10.6 Å². The highest BCUT2D eigenvalue weighted by Crippen LogP contribution is 2.40. The lowest BCUT2D eigenvalue weighted by atomic mass is 9.68. The van der Waals surface area contributed by atoms with Crippen LogP contribution in [0.25, 0.3) is 0 Å². The van der Waals surface area contributed by atoms with E-state index >= 15 is 0 Å². The zero-order valence-corrected chi connectivity index (χ0v) is 13.1. The van der Waals surface area contributed by atoms with E-state index in [1.54, 1.807) is 4.90 Å². The molecule has 2 aliphatic rings. The number of carbonyl (C=O) groups excluding carboxylic acids is 2. The van der Waals surface area contributed by atoms with Crippen molar-refractivity contribution < 1.29 is 19.5 Å². The average molecular weight is 311 g/mol. The van der Waals surface area contributed by atoms with E-state index < -0.39 is 17.3 Å². The van der Waals surface area contributed by atoms with Crippen molar-refractivity contribution in [3.8, 4) is 0 Å². The summed E-state index contributed by atoms with van der Waals surface area (Å²) in [5, 5.41) is 14.7. The maximum Gasteiger partial charge on any atom is 0.317 e. The number of likely N-dealkylation sites (tertiary alicyclic amines) is 1. The number of amides is 3. The quantitative estimate of drug-likeness (QED) is 0.699. The zero-order valence-electron chi connectivity index (χ0n) is 13.1. The first-order chi connectivity index (χ1) is 10.5. The Bertz CT molecular complexity index is 448. The van der Waals surface area contributed by atoms with Crippen LogP contribution in [0.1, 0.15) is 39.0 Å². The third kappa shape index (κ3) is 3.51. The van der Waals surface area contributed by atoms with Crippen LogP contribution in [-0.2, 0) is 9.59 Å². The summed E-state index contributed by atoms with van der Waals surface area (Å²) in [4.78, 5) is 36.9. The first kappa shape index (κ1) is 16.6. The fourth-order valence-electron chi connectivity index (χ4n) is 3.16. The van der Waals surface area contributed by atoms with Gasteiger partial charge in [-0.25, -0.2) is 4.79 Å². The number of nitrogens with zero attached hydrogens (tertiary/aromatic N) is 1. The molecule has 3 N–H and O–H groups in total. The molecule has 0 spiro atoms. The number of urea groups is 1. The van der Waals surface area contributed by atoms with Gasteiger partial charge in [-0.3, -0.25) is 9.59 Å². The van der Waals surface area contributed by atoms with Crippen LogP contribution in [0.2, 0.25) is 0 Å². The number of hydrogen-bond donors (Lipinski definition) is 3. The summed E-state index contributed by atoms with van der Waals surface area (Å²) in [6, 6.07) is -0.262. The number of nitrogens with one attached hydrogen (secondary N) is 2. The molecule has 1 saturated heterocycles. The van der Waals surface area contributed by atoms with Crippen molar-refractivity contribution in [2.24, 2.45) is 11.3 Å². The Morgan fingerprint density at radius 2 is 1.95 bits per heavy atom. The van der Waals surface area contributed by atoms with E-state index in [2.05, 4.69) is 10.6 Å². The van der Waals surface area contributed by atoms with E-state index in [0.717, 1.165) is 19.3 Å². The molecule has 1 atom stereocenters. The van der Waals surface area contributed by atoms with Crippen LogP contribution in [0, 0.1) is 11.3 Å². The van der Waals surface area contributed by atoms with Gasteiger partial charge in [0.2, 0.25) is 5.91 Å². The topological polar surface area (TPSA) is 98.7 Å². The lowest BCUT2D eigenvalue weighted by molar-refractivity contribution is -0.143. The van der Waals surface area contributed by atoms with Gasteiger partial charge in [0.15, 0.2) is 0 Å². The van der Waals surface area contributed by atoms with Crippen LogP contribution in [0.15, 0.2) is 0 Å². The van der Waals surface area contributed by atoms with Gasteiger partial charge in [0.1, 0.15) is 0 Å². The predicted octanol–water partition coefficient (Wildman–Crippen LogP) is 0.799. The number of carbonyl (C=O) groups is 3. The van der Waals surface area contributed by atoms with Crippen molar-refractivity contribution in [2.45, 2.75) is 39.0 Å². The molecule has 22 heavy (non-hydrogen) atoms. The Kier molecular flexibility index (Phi) is 5.26. The van der Waals surface area contributed by atoms with E-state index in [1.165, 1.54) is 0 Å². The molecule has 0 bridgehead atoms. The number of rotatable bonds is 5. The molecule has 3 amide bonds. The zero-order chi connectivity index (χ0) is 16.2. The van der Waals surface area contributed by atoms with Gasteiger partial charge in [0.25, 0.3) is 0 Å². The number of carboxylic acid groups (broad SMARTS) is 1. The van der Waals surface area contributed by atoms with Gasteiger partial charge in [-0.05, 0) is 32.6 Å². The summed E-state index contributed by atoms with van der Waals surface area (Å²) in [7, 11) is 0. The van der Waals surface area contributed by atoms with Crippen LogP contribution in [0.5, 0.6) is 0 Å². The van der Waals surface area contributed by atoms with Crippen LogP contribution in [0.3, 0.4) is 0 Å². The Morgan fingerprint density at radius 3 is 2.50 bits per heavy atom. The summed E-state index contributed by atoms with van der Waals surface area (Å²) in [5.74, 6) is -1.33. The summed E-state index contributed by atoms with van der Waals surface area (Å²) < 4.78 is 0. The molecule has 1 aliphatic carbocycles. The largest absolute Gasteiger partial charge is 0.481 e. The van der Waals surface area contributed by atoms with Crippen molar-refractivity contribution in [1.82, 2.24) is 15.5 Å². The second-order valence-electron chi connectivity index (χ2n) is 6.28. The van der Waals surface area contributed by atoms with Gasteiger partial charge >= 0.3 is 12.0 Å². The standard InChI is InChI=1S/C15H25N3O4/c1-2-16-13(21)15(6-4-7-15)10-17-14(22)18-8-3-5-11(9-18)12(19)20/h11H,2-10H2,1H3,(H,16,21)(H,17,22)(H,19,20).